The van der Waals surface area contributed by atoms with Gasteiger partial charge in [-0.15, -0.1) is 5.10 Å². The third kappa shape index (κ3) is 4.99. The number of hydrogen-bond acceptors (Lipinski definition) is 4. The van der Waals surface area contributed by atoms with Crippen molar-refractivity contribution in [1.29, 1.82) is 0 Å². The van der Waals surface area contributed by atoms with Gasteiger partial charge < -0.3 is 10.2 Å². The molecule has 1 aromatic heterocycles. The summed E-state index contributed by atoms with van der Waals surface area (Å²) in [6.45, 7) is 3.04. The lowest BCUT2D eigenvalue weighted by molar-refractivity contribution is -0.143. The number of hydrogen-bond donors (Lipinski definition) is 1. The van der Waals surface area contributed by atoms with Gasteiger partial charge in [-0.25, -0.2) is 8.78 Å². The summed E-state index contributed by atoms with van der Waals surface area (Å²) in [5.41, 5.74) is 0.853. The lowest BCUT2D eigenvalue weighted by Crippen LogP contribution is -2.59. The van der Waals surface area contributed by atoms with Gasteiger partial charge in [0, 0.05) is 26.6 Å². The van der Waals surface area contributed by atoms with Crippen molar-refractivity contribution in [3.63, 3.8) is 0 Å². The van der Waals surface area contributed by atoms with Gasteiger partial charge in [-0.05, 0) is 61.3 Å². The van der Waals surface area contributed by atoms with E-state index in [4.69, 9.17) is 0 Å². The molecule has 5 rings (SSSR count). The summed E-state index contributed by atoms with van der Waals surface area (Å²) in [7, 11) is 0. The van der Waals surface area contributed by atoms with Crippen molar-refractivity contribution >= 4 is 11.8 Å². The van der Waals surface area contributed by atoms with Crippen molar-refractivity contribution in [1.82, 2.24) is 25.2 Å². The van der Waals surface area contributed by atoms with Crippen LogP contribution < -0.4 is 5.32 Å². The molecule has 3 aromatic rings. The fourth-order valence-corrected chi connectivity index (χ4v) is 5.88. The molecule has 0 radical (unpaired) electrons. The van der Waals surface area contributed by atoms with Crippen LogP contribution in [0.2, 0.25) is 0 Å². The van der Waals surface area contributed by atoms with E-state index in [0.717, 1.165) is 43.2 Å². The van der Waals surface area contributed by atoms with Crippen LogP contribution in [0.3, 0.4) is 0 Å². The van der Waals surface area contributed by atoms with Crippen molar-refractivity contribution in [3.05, 3.63) is 71.4 Å². The van der Waals surface area contributed by atoms with Crippen LogP contribution in [0.5, 0.6) is 0 Å². The molecule has 194 valence electrons. The minimum absolute atomic E-state index is 0.0746. The molecule has 37 heavy (non-hydrogen) atoms. The molecule has 0 bridgehead atoms. The van der Waals surface area contributed by atoms with Gasteiger partial charge in [-0.2, -0.15) is 0 Å². The molecule has 2 unspecified atom stereocenters. The molecule has 2 aromatic carbocycles. The number of carbonyl (C=O) groups excluding carboxylic acids is 2. The second-order valence-corrected chi connectivity index (χ2v) is 10.1. The fourth-order valence-electron chi connectivity index (χ4n) is 5.88. The Kier molecular flexibility index (Phi) is 7.04. The summed E-state index contributed by atoms with van der Waals surface area (Å²) < 4.78 is 30.0. The molecule has 0 saturated carbocycles. The monoisotopic (exact) mass is 507 g/mol. The number of aryl methyl sites for hydroxylation is 1. The summed E-state index contributed by atoms with van der Waals surface area (Å²) in [6, 6.07) is 11.6. The molecule has 0 spiro atoms. The number of amides is 2. The Labute approximate surface area is 214 Å². The SMILES string of the molecule is CC(=O)NC1(C(=O)N2CCCCC(Cn3cc(-c4c(F)cccc4F)nn3)C2)CCCc2ccccc21. The summed E-state index contributed by atoms with van der Waals surface area (Å²) in [4.78, 5) is 28.4. The molecule has 2 amide bonds. The minimum Gasteiger partial charge on any atom is -0.340 e. The van der Waals surface area contributed by atoms with E-state index in [2.05, 4.69) is 15.6 Å². The number of nitrogens with zero attached hydrogens (tertiary/aromatic N) is 4. The maximum absolute atomic E-state index is 14.2. The van der Waals surface area contributed by atoms with E-state index in [1.807, 2.05) is 29.2 Å². The summed E-state index contributed by atoms with van der Waals surface area (Å²) in [5.74, 6) is -1.59. The Bertz CT molecular complexity index is 1290. The molecule has 1 fully saturated rings. The van der Waals surface area contributed by atoms with Crippen molar-refractivity contribution in [2.24, 2.45) is 5.92 Å². The van der Waals surface area contributed by atoms with Gasteiger partial charge in [0.1, 0.15) is 22.9 Å². The Morgan fingerprint density at radius 1 is 1.08 bits per heavy atom. The first-order chi connectivity index (χ1) is 17.9. The zero-order valence-electron chi connectivity index (χ0n) is 20.9. The molecule has 1 aliphatic carbocycles. The number of likely N-dealkylation sites (tertiary alicyclic amines) is 1. The predicted molar refractivity (Wildman–Crippen MR) is 134 cm³/mol. The van der Waals surface area contributed by atoms with Crippen molar-refractivity contribution < 1.29 is 18.4 Å². The highest BCUT2D eigenvalue weighted by molar-refractivity contribution is 5.92. The molecule has 2 aliphatic rings. The first-order valence-electron chi connectivity index (χ1n) is 12.9. The number of benzene rings is 2. The van der Waals surface area contributed by atoms with Gasteiger partial charge >= 0.3 is 0 Å². The average molecular weight is 508 g/mol. The van der Waals surface area contributed by atoms with Crippen LogP contribution in [-0.2, 0) is 28.1 Å². The van der Waals surface area contributed by atoms with Gasteiger partial charge in [-0.1, -0.05) is 42.0 Å². The smallest absolute Gasteiger partial charge is 0.253 e. The largest absolute Gasteiger partial charge is 0.340 e. The fraction of sp³-hybridized carbons (Fsp3) is 0.429. The predicted octanol–water partition coefficient (Wildman–Crippen LogP) is 4.22. The molecule has 1 N–H and O–H groups in total. The number of carbonyl (C=O) groups is 2. The lowest BCUT2D eigenvalue weighted by atomic mass is 9.75. The molecule has 9 heteroatoms. The van der Waals surface area contributed by atoms with Crippen LogP contribution >= 0.6 is 0 Å². The van der Waals surface area contributed by atoms with Crippen LogP contribution in [0.4, 0.5) is 8.78 Å². The topological polar surface area (TPSA) is 80.1 Å². The first-order valence-corrected chi connectivity index (χ1v) is 12.9. The van der Waals surface area contributed by atoms with Gasteiger partial charge in [0.05, 0.1) is 11.8 Å². The van der Waals surface area contributed by atoms with E-state index < -0.39 is 17.2 Å². The normalized spacial score (nSPS) is 21.7. The lowest BCUT2D eigenvalue weighted by Gasteiger charge is -2.42. The molecule has 1 saturated heterocycles. The second-order valence-electron chi connectivity index (χ2n) is 10.1. The van der Waals surface area contributed by atoms with Crippen LogP contribution in [0.1, 0.15) is 50.2 Å². The molecule has 1 aliphatic heterocycles. The quantitative estimate of drug-likeness (QED) is 0.561. The van der Waals surface area contributed by atoms with Gasteiger partial charge in [0.15, 0.2) is 0 Å². The van der Waals surface area contributed by atoms with E-state index in [1.54, 1.807) is 10.9 Å². The third-order valence-corrected chi connectivity index (χ3v) is 7.49. The van der Waals surface area contributed by atoms with Crippen molar-refractivity contribution in [2.45, 2.75) is 57.5 Å². The Hall–Kier alpha value is -3.62. The number of nitrogens with one attached hydrogen (secondary N) is 1. The number of rotatable bonds is 5. The Morgan fingerprint density at radius 3 is 2.65 bits per heavy atom. The number of fused-ring (bicyclic) bond motifs is 1. The van der Waals surface area contributed by atoms with E-state index in [1.165, 1.54) is 25.1 Å². The summed E-state index contributed by atoms with van der Waals surface area (Å²) >= 11 is 0. The zero-order chi connectivity index (χ0) is 26.0. The molecular formula is C28H31F2N5O2. The van der Waals surface area contributed by atoms with E-state index in [-0.39, 0.29) is 29.0 Å². The maximum Gasteiger partial charge on any atom is 0.253 e. The first kappa shape index (κ1) is 25.0. The Morgan fingerprint density at radius 2 is 1.86 bits per heavy atom. The van der Waals surface area contributed by atoms with Crippen molar-refractivity contribution in [2.75, 3.05) is 13.1 Å². The van der Waals surface area contributed by atoms with Crippen molar-refractivity contribution in [3.8, 4) is 11.3 Å². The van der Waals surface area contributed by atoms with E-state index in [9.17, 15) is 18.4 Å². The molecular weight excluding hydrogens is 476 g/mol. The number of halogens is 2. The van der Waals surface area contributed by atoms with E-state index >= 15 is 0 Å². The number of aromatic nitrogens is 3. The van der Waals surface area contributed by atoms with Crippen LogP contribution in [-0.4, -0.2) is 44.8 Å². The van der Waals surface area contributed by atoms with Gasteiger partial charge in [0.2, 0.25) is 5.91 Å². The highest BCUT2D eigenvalue weighted by Gasteiger charge is 2.46. The standard InChI is InChI=1S/C28H31F2N5O2/c1-19(36)31-28(14-7-10-21-9-2-3-11-22(21)28)27(37)34-15-5-4-8-20(16-34)17-35-18-25(32-33-35)26-23(29)12-6-13-24(26)30/h2-3,6,9,11-13,18,20H,4-5,7-8,10,14-17H2,1H3,(H,31,36). The molecule has 2 heterocycles. The van der Waals surface area contributed by atoms with Gasteiger partial charge in [0.25, 0.3) is 5.91 Å². The van der Waals surface area contributed by atoms with Crippen LogP contribution in [0.25, 0.3) is 11.3 Å². The minimum atomic E-state index is -1.07. The highest BCUT2D eigenvalue weighted by Crippen LogP contribution is 2.38. The zero-order valence-corrected chi connectivity index (χ0v) is 20.9. The molecule has 2 atom stereocenters. The van der Waals surface area contributed by atoms with Crippen LogP contribution in [0.15, 0.2) is 48.7 Å². The highest BCUT2D eigenvalue weighted by atomic mass is 19.1. The third-order valence-electron chi connectivity index (χ3n) is 7.49. The average Bonchev–Trinajstić information content (AvgIpc) is 3.19. The van der Waals surface area contributed by atoms with E-state index in [0.29, 0.717) is 26.1 Å². The van der Waals surface area contributed by atoms with Crippen LogP contribution in [0, 0.1) is 17.6 Å². The van der Waals surface area contributed by atoms with Gasteiger partial charge in [-0.3, -0.25) is 14.3 Å². The maximum atomic E-state index is 14.2. The Balaban J connectivity index is 1.38. The second kappa shape index (κ2) is 10.4. The molecule has 7 nitrogen and oxygen atoms in total. The summed E-state index contributed by atoms with van der Waals surface area (Å²) in [5, 5.41) is 11.1. The summed E-state index contributed by atoms with van der Waals surface area (Å²) in [6.07, 6.45) is 6.50.